The highest BCUT2D eigenvalue weighted by molar-refractivity contribution is 5.65. The number of hydrogen-bond donors (Lipinski definition) is 0. The van der Waals surface area contributed by atoms with Gasteiger partial charge in [0.2, 0.25) is 0 Å². The van der Waals surface area contributed by atoms with Gasteiger partial charge in [-0.2, -0.15) is 0 Å². The molecule has 2 aromatic rings. The Labute approximate surface area is 126 Å². The van der Waals surface area contributed by atoms with E-state index in [4.69, 9.17) is 0 Å². The van der Waals surface area contributed by atoms with Crippen LogP contribution in [-0.4, -0.2) is 11.5 Å². The summed E-state index contributed by atoms with van der Waals surface area (Å²) < 4.78 is 0. The number of pyridine rings is 1. The molecule has 2 aliphatic rings. The molecule has 1 saturated carbocycles. The SMILES string of the molecule is Cc1ccc(N2CC3(CCCC3)Cc3cccnc32)cc1. The molecule has 2 heteroatoms. The molecule has 1 aliphatic heterocycles. The fourth-order valence-electron chi connectivity index (χ4n) is 4.08. The lowest BCUT2D eigenvalue weighted by molar-refractivity contribution is 0.293. The zero-order valence-electron chi connectivity index (χ0n) is 12.7. The molecule has 21 heavy (non-hydrogen) atoms. The van der Waals surface area contributed by atoms with E-state index in [1.807, 2.05) is 6.20 Å². The van der Waals surface area contributed by atoms with Crippen LogP contribution in [0.2, 0.25) is 0 Å². The number of benzene rings is 1. The molecule has 0 radical (unpaired) electrons. The number of nitrogens with zero attached hydrogens (tertiary/aromatic N) is 2. The Bertz CT molecular complexity index is 639. The Hall–Kier alpha value is -1.83. The monoisotopic (exact) mass is 278 g/mol. The van der Waals surface area contributed by atoms with Gasteiger partial charge in [-0.15, -0.1) is 0 Å². The molecule has 1 fully saturated rings. The maximum Gasteiger partial charge on any atom is 0.136 e. The lowest BCUT2D eigenvalue weighted by atomic mass is 9.77. The second-order valence-electron chi connectivity index (χ2n) is 6.79. The molecule has 0 unspecified atom stereocenters. The van der Waals surface area contributed by atoms with Gasteiger partial charge in [0.1, 0.15) is 5.82 Å². The summed E-state index contributed by atoms with van der Waals surface area (Å²) in [6, 6.07) is 13.2. The molecule has 1 aliphatic carbocycles. The van der Waals surface area contributed by atoms with E-state index in [0.717, 1.165) is 6.54 Å². The summed E-state index contributed by atoms with van der Waals surface area (Å²) in [5.74, 6) is 1.17. The number of anilines is 2. The van der Waals surface area contributed by atoms with Gasteiger partial charge in [0.05, 0.1) is 0 Å². The van der Waals surface area contributed by atoms with Crippen molar-refractivity contribution in [2.45, 2.75) is 39.0 Å². The average molecular weight is 278 g/mol. The minimum absolute atomic E-state index is 0.473. The molecule has 1 aromatic carbocycles. The highest BCUT2D eigenvalue weighted by atomic mass is 15.2. The van der Waals surface area contributed by atoms with Crippen molar-refractivity contribution in [1.82, 2.24) is 4.98 Å². The molecule has 2 heterocycles. The van der Waals surface area contributed by atoms with E-state index in [0.29, 0.717) is 5.41 Å². The third kappa shape index (κ3) is 2.23. The second-order valence-corrected chi connectivity index (χ2v) is 6.79. The number of aryl methyl sites for hydroxylation is 1. The molecular formula is C19H22N2. The van der Waals surface area contributed by atoms with Crippen LogP contribution >= 0.6 is 0 Å². The standard InChI is InChI=1S/C19H22N2/c1-15-6-8-17(9-7-15)21-14-19(10-2-3-11-19)13-16-5-4-12-20-18(16)21/h4-9,12H,2-3,10-11,13-14H2,1H3. The van der Waals surface area contributed by atoms with E-state index in [2.05, 4.69) is 53.2 Å². The topological polar surface area (TPSA) is 16.1 Å². The van der Waals surface area contributed by atoms with E-state index in [1.165, 1.54) is 54.7 Å². The van der Waals surface area contributed by atoms with Crippen LogP contribution in [0.1, 0.15) is 36.8 Å². The summed E-state index contributed by atoms with van der Waals surface area (Å²) in [6.45, 7) is 3.27. The minimum atomic E-state index is 0.473. The smallest absolute Gasteiger partial charge is 0.136 e. The molecule has 0 N–H and O–H groups in total. The van der Waals surface area contributed by atoms with E-state index in [9.17, 15) is 0 Å². The number of aromatic nitrogens is 1. The van der Waals surface area contributed by atoms with Gasteiger partial charge in [-0.3, -0.25) is 0 Å². The van der Waals surface area contributed by atoms with Gasteiger partial charge in [0.15, 0.2) is 0 Å². The molecule has 2 nitrogen and oxygen atoms in total. The van der Waals surface area contributed by atoms with Gasteiger partial charge in [-0.05, 0) is 55.4 Å². The summed E-state index contributed by atoms with van der Waals surface area (Å²) in [7, 11) is 0. The highest BCUT2D eigenvalue weighted by Crippen LogP contribution is 2.48. The first kappa shape index (κ1) is 12.9. The summed E-state index contributed by atoms with van der Waals surface area (Å²) in [5, 5.41) is 0. The van der Waals surface area contributed by atoms with Crippen LogP contribution in [0.5, 0.6) is 0 Å². The minimum Gasteiger partial charge on any atom is -0.326 e. The summed E-state index contributed by atoms with van der Waals surface area (Å²) in [5.41, 5.74) is 4.49. The molecule has 1 spiro atoms. The van der Waals surface area contributed by atoms with Crippen molar-refractivity contribution < 1.29 is 0 Å². The van der Waals surface area contributed by atoms with E-state index in [1.54, 1.807) is 0 Å². The number of fused-ring (bicyclic) bond motifs is 1. The second kappa shape index (κ2) is 4.87. The van der Waals surface area contributed by atoms with Crippen molar-refractivity contribution in [3.05, 3.63) is 53.7 Å². The van der Waals surface area contributed by atoms with Gasteiger partial charge in [-0.1, -0.05) is 36.6 Å². The average Bonchev–Trinajstić information content (AvgIpc) is 2.95. The first-order chi connectivity index (χ1) is 10.3. The summed E-state index contributed by atoms with van der Waals surface area (Å²) >= 11 is 0. The summed E-state index contributed by atoms with van der Waals surface area (Å²) in [6.07, 6.45) is 8.63. The van der Waals surface area contributed by atoms with Crippen LogP contribution in [0.15, 0.2) is 42.6 Å². The van der Waals surface area contributed by atoms with Gasteiger partial charge in [0.25, 0.3) is 0 Å². The van der Waals surface area contributed by atoms with Gasteiger partial charge in [-0.25, -0.2) is 4.98 Å². The summed E-state index contributed by atoms with van der Waals surface area (Å²) in [4.78, 5) is 7.13. The van der Waals surface area contributed by atoms with Crippen molar-refractivity contribution in [1.29, 1.82) is 0 Å². The van der Waals surface area contributed by atoms with Crippen molar-refractivity contribution in [2.24, 2.45) is 5.41 Å². The lowest BCUT2D eigenvalue weighted by Gasteiger charge is -2.42. The van der Waals surface area contributed by atoms with Crippen molar-refractivity contribution in [3.63, 3.8) is 0 Å². The maximum atomic E-state index is 4.68. The zero-order valence-corrected chi connectivity index (χ0v) is 12.7. The predicted molar refractivity (Wildman–Crippen MR) is 87.0 cm³/mol. The molecular weight excluding hydrogens is 256 g/mol. The number of rotatable bonds is 1. The van der Waals surface area contributed by atoms with Crippen LogP contribution in [0.25, 0.3) is 0 Å². The normalized spacial score (nSPS) is 19.8. The molecule has 0 atom stereocenters. The molecule has 1 aromatic heterocycles. The van der Waals surface area contributed by atoms with Crippen LogP contribution in [0, 0.1) is 12.3 Å². The largest absolute Gasteiger partial charge is 0.326 e. The van der Waals surface area contributed by atoms with Gasteiger partial charge < -0.3 is 4.90 Å². The molecule has 0 bridgehead atoms. The maximum absolute atomic E-state index is 4.68. The number of hydrogen-bond acceptors (Lipinski definition) is 2. The Morgan fingerprint density at radius 3 is 2.57 bits per heavy atom. The Kier molecular flexibility index (Phi) is 2.99. The Balaban J connectivity index is 1.79. The van der Waals surface area contributed by atoms with E-state index in [-0.39, 0.29) is 0 Å². The zero-order chi connectivity index (χ0) is 14.3. The third-order valence-electron chi connectivity index (χ3n) is 5.19. The van der Waals surface area contributed by atoms with E-state index < -0.39 is 0 Å². The fourth-order valence-corrected chi connectivity index (χ4v) is 4.08. The van der Waals surface area contributed by atoms with Crippen LogP contribution in [0.4, 0.5) is 11.5 Å². The fraction of sp³-hybridized carbons (Fsp3) is 0.421. The van der Waals surface area contributed by atoms with Crippen LogP contribution in [-0.2, 0) is 6.42 Å². The molecule has 0 saturated heterocycles. The van der Waals surface area contributed by atoms with Gasteiger partial charge in [0, 0.05) is 18.4 Å². The molecule has 0 amide bonds. The Morgan fingerprint density at radius 2 is 1.81 bits per heavy atom. The van der Waals surface area contributed by atoms with Crippen LogP contribution in [0.3, 0.4) is 0 Å². The Morgan fingerprint density at radius 1 is 1.05 bits per heavy atom. The highest BCUT2D eigenvalue weighted by Gasteiger charge is 2.40. The van der Waals surface area contributed by atoms with Crippen molar-refractivity contribution >= 4 is 11.5 Å². The lowest BCUT2D eigenvalue weighted by Crippen LogP contribution is -2.40. The quantitative estimate of drug-likeness (QED) is 0.755. The third-order valence-corrected chi connectivity index (χ3v) is 5.19. The molecule has 108 valence electrons. The predicted octanol–water partition coefficient (Wildman–Crippen LogP) is 4.64. The van der Waals surface area contributed by atoms with Gasteiger partial charge >= 0.3 is 0 Å². The first-order valence-corrected chi connectivity index (χ1v) is 8.04. The first-order valence-electron chi connectivity index (χ1n) is 8.04. The van der Waals surface area contributed by atoms with Crippen molar-refractivity contribution in [2.75, 3.05) is 11.4 Å². The van der Waals surface area contributed by atoms with Crippen molar-refractivity contribution in [3.8, 4) is 0 Å². The van der Waals surface area contributed by atoms with E-state index >= 15 is 0 Å². The molecule has 4 rings (SSSR count). The van der Waals surface area contributed by atoms with Crippen LogP contribution < -0.4 is 4.90 Å².